The number of aliphatic hydroxyl groups excluding tert-OH is 1. The number of benzene rings is 1. The molecule has 1 fully saturated rings. The molecular weight excluding hydrogens is 358 g/mol. The average molecular weight is 378 g/mol. The van der Waals surface area contributed by atoms with Gasteiger partial charge in [-0.1, -0.05) is 15.9 Å². The van der Waals surface area contributed by atoms with Gasteiger partial charge >= 0.3 is 0 Å². The first-order chi connectivity index (χ1) is 9.85. The molecule has 0 radical (unpaired) electrons. The van der Waals surface area contributed by atoms with Crippen molar-refractivity contribution in [3.05, 3.63) is 27.7 Å². The summed E-state index contributed by atoms with van der Waals surface area (Å²) >= 11 is 3.33. The second-order valence-corrected chi connectivity index (χ2v) is 7.86. The molecule has 0 saturated carbocycles. The lowest BCUT2D eigenvalue weighted by Crippen LogP contribution is -2.41. The van der Waals surface area contributed by atoms with E-state index in [-0.39, 0.29) is 23.6 Å². The number of halogens is 1. The van der Waals surface area contributed by atoms with E-state index < -0.39 is 10.0 Å². The standard InChI is InChI=1S/C14H20BrNO4S/c1-9-12(15)6-11(8-17)7-14(9)21(18,19)16-10(2)13-4-3-5-20-13/h6-7,10,13,16-17H,3-5,8H2,1-2H3. The van der Waals surface area contributed by atoms with E-state index in [1.807, 2.05) is 6.92 Å². The zero-order chi connectivity index (χ0) is 15.6. The quantitative estimate of drug-likeness (QED) is 0.823. The third kappa shape index (κ3) is 3.84. The maximum atomic E-state index is 12.6. The Labute approximate surface area is 133 Å². The molecule has 5 nitrogen and oxygen atoms in total. The summed E-state index contributed by atoms with van der Waals surface area (Å²) in [5.41, 5.74) is 1.18. The molecule has 0 aromatic heterocycles. The lowest BCUT2D eigenvalue weighted by molar-refractivity contribution is 0.0902. The summed E-state index contributed by atoms with van der Waals surface area (Å²) in [5, 5.41) is 9.24. The first-order valence-corrected chi connectivity index (χ1v) is 9.16. The lowest BCUT2D eigenvalue weighted by Gasteiger charge is -2.21. The van der Waals surface area contributed by atoms with E-state index in [1.54, 1.807) is 13.0 Å². The molecule has 118 valence electrons. The monoisotopic (exact) mass is 377 g/mol. The van der Waals surface area contributed by atoms with E-state index in [1.165, 1.54) is 6.07 Å². The predicted molar refractivity (Wildman–Crippen MR) is 83.6 cm³/mol. The Bertz CT molecular complexity index is 612. The average Bonchev–Trinajstić information content (AvgIpc) is 2.95. The molecule has 0 aliphatic carbocycles. The summed E-state index contributed by atoms with van der Waals surface area (Å²) in [5.74, 6) is 0. The molecule has 2 atom stereocenters. The Kier molecular flexibility index (Phi) is 5.43. The first kappa shape index (κ1) is 16.9. The van der Waals surface area contributed by atoms with Gasteiger partial charge in [-0.25, -0.2) is 13.1 Å². The normalized spacial score (nSPS) is 20.7. The van der Waals surface area contributed by atoms with Crippen molar-refractivity contribution in [1.29, 1.82) is 0 Å². The fourth-order valence-electron chi connectivity index (χ4n) is 2.46. The molecule has 0 bridgehead atoms. The van der Waals surface area contributed by atoms with Gasteiger partial charge < -0.3 is 9.84 Å². The maximum absolute atomic E-state index is 12.6. The first-order valence-electron chi connectivity index (χ1n) is 6.89. The number of aliphatic hydroxyl groups is 1. The molecule has 1 saturated heterocycles. The minimum atomic E-state index is -3.65. The van der Waals surface area contributed by atoms with Crippen LogP contribution in [0.1, 0.15) is 30.9 Å². The van der Waals surface area contributed by atoms with Crippen LogP contribution in [0.25, 0.3) is 0 Å². The van der Waals surface area contributed by atoms with Gasteiger partial charge in [-0.2, -0.15) is 0 Å². The third-order valence-electron chi connectivity index (χ3n) is 3.69. The van der Waals surface area contributed by atoms with Crippen LogP contribution in [0.4, 0.5) is 0 Å². The predicted octanol–water partition coefficient (Wildman–Crippen LogP) is 2.10. The molecule has 1 aromatic carbocycles. The highest BCUT2D eigenvalue weighted by atomic mass is 79.9. The highest BCUT2D eigenvalue weighted by molar-refractivity contribution is 9.10. The second kappa shape index (κ2) is 6.75. The van der Waals surface area contributed by atoms with Gasteiger partial charge in [0.05, 0.1) is 17.6 Å². The smallest absolute Gasteiger partial charge is 0.241 e. The van der Waals surface area contributed by atoms with Crippen LogP contribution in [0.15, 0.2) is 21.5 Å². The Morgan fingerprint density at radius 1 is 1.52 bits per heavy atom. The fourth-order valence-corrected chi connectivity index (χ4v) is 4.69. The summed E-state index contributed by atoms with van der Waals surface area (Å²) in [4.78, 5) is 0.186. The number of rotatable bonds is 5. The van der Waals surface area contributed by atoms with Crippen molar-refractivity contribution >= 4 is 26.0 Å². The minimum Gasteiger partial charge on any atom is -0.392 e. The van der Waals surface area contributed by atoms with Crippen LogP contribution < -0.4 is 4.72 Å². The molecule has 0 amide bonds. The van der Waals surface area contributed by atoms with Gasteiger partial charge in [-0.05, 0) is 49.9 Å². The van der Waals surface area contributed by atoms with E-state index >= 15 is 0 Å². The van der Waals surface area contributed by atoms with Crippen LogP contribution in [0.3, 0.4) is 0 Å². The molecule has 21 heavy (non-hydrogen) atoms. The topological polar surface area (TPSA) is 75.6 Å². The molecular formula is C14H20BrNO4S. The highest BCUT2D eigenvalue weighted by Crippen LogP contribution is 2.26. The van der Waals surface area contributed by atoms with Gasteiger partial charge in [0, 0.05) is 17.1 Å². The van der Waals surface area contributed by atoms with Crippen molar-refractivity contribution in [3.8, 4) is 0 Å². The Morgan fingerprint density at radius 2 is 2.24 bits per heavy atom. The van der Waals surface area contributed by atoms with Gasteiger partial charge in [0.15, 0.2) is 0 Å². The van der Waals surface area contributed by atoms with Gasteiger partial charge in [-0.3, -0.25) is 0 Å². The van der Waals surface area contributed by atoms with E-state index in [4.69, 9.17) is 4.74 Å². The number of hydrogen-bond donors (Lipinski definition) is 2. The molecule has 1 aliphatic rings. The third-order valence-corrected chi connectivity index (χ3v) is 6.20. The number of hydrogen-bond acceptors (Lipinski definition) is 4. The Hall–Kier alpha value is -0.470. The molecule has 1 aliphatic heterocycles. The number of sulfonamides is 1. The zero-order valence-electron chi connectivity index (χ0n) is 12.1. The summed E-state index contributed by atoms with van der Waals surface area (Å²) in [6.07, 6.45) is 1.74. The molecule has 2 unspecified atom stereocenters. The molecule has 0 spiro atoms. The van der Waals surface area contributed by atoms with E-state index in [0.717, 1.165) is 12.8 Å². The van der Waals surface area contributed by atoms with Crippen LogP contribution in [0.2, 0.25) is 0 Å². The van der Waals surface area contributed by atoms with Gasteiger partial charge in [0.25, 0.3) is 0 Å². The number of nitrogens with one attached hydrogen (secondary N) is 1. The molecule has 1 heterocycles. The van der Waals surface area contributed by atoms with E-state index in [2.05, 4.69) is 20.7 Å². The van der Waals surface area contributed by atoms with Crippen LogP contribution in [0, 0.1) is 6.92 Å². The SMILES string of the molecule is Cc1c(Br)cc(CO)cc1S(=O)(=O)NC(C)C1CCCO1. The highest BCUT2D eigenvalue weighted by Gasteiger charge is 2.28. The molecule has 2 rings (SSSR count). The Balaban J connectivity index is 2.28. The second-order valence-electron chi connectivity index (χ2n) is 5.32. The minimum absolute atomic E-state index is 0.0791. The maximum Gasteiger partial charge on any atom is 0.241 e. The van der Waals surface area contributed by atoms with Crippen molar-refractivity contribution in [2.45, 2.75) is 50.3 Å². The largest absolute Gasteiger partial charge is 0.392 e. The van der Waals surface area contributed by atoms with E-state index in [9.17, 15) is 13.5 Å². The summed E-state index contributed by atoms with van der Waals surface area (Å²) in [7, 11) is -3.65. The van der Waals surface area contributed by atoms with Gasteiger partial charge in [0.2, 0.25) is 10.0 Å². The zero-order valence-corrected chi connectivity index (χ0v) is 14.5. The molecule has 7 heteroatoms. The Morgan fingerprint density at radius 3 is 2.81 bits per heavy atom. The van der Waals surface area contributed by atoms with Gasteiger partial charge in [-0.15, -0.1) is 0 Å². The fraction of sp³-hybridized carbons (Fsp3) is 0.571. The van der Waals surface area contributed by atoms with Crippen molar-refractivity contribution in [2.75, 3.05) is 6.61 Å². The van der Waals surface area contributed by atoms with Gasteiger partial charge in [0.1, 0.15) is 0 Å². The summed E-state index contributed by atoms with van der Waals surface area (Å²) in [6.45, 7) is 4.02. The van der Waals surface area contributed by atoms with E-state index in [0.29, 0.717) is 22.2 Å². The number of ether oxygens (including phenoxy) is 1. The van der Waals surface area contributed by atoms with Crippen molar-refractivity contribution in [2.24, 2.45) is 0 Å². The lowest BCUT2D eigenvalue weighted by atomic mass is 10.1. The summed E-state index contributed by atoms with van der Waals surface area (Å²) < 4.78 is 34.0. The van der Waals surface area contributed by atoms with Crippen LogP contribution >= 0.6 is 15.9 Å². The molecule has 2 N–H and O–H groups in total. The summed E-state index contributed by atoms with van der Waals surface area (Å²) in [6, 6.07) is 2.94. The van der Waals surface area contributed by atoms with Crippen LogP contribution in [-0.2, 0) is 21.4 Å². The van der Waals surface area contributed by atoms with Crippen molar-refractivity contribution in [3.63, 3.8) is 0 Å². The van der Waals surface area contributed by atoms with Crippen molar-refractivity contribution < 1.29 is 18.3 Å². The van der Waals surface area contributed by atoms with Crippen LogP contribution in [-0.4, -0.2) is 32.3 Å². The van der Waals surface area contributed by atoms with Crippen molar-refractivity contribution in [1.82, 2.24) is 4.72 Å². The van der Waals surface area contributed by atoms with Crippen LogP contribution in [0.5, 0.6) is 0 Å². The molecule has 1 aromatic rings.